The van der Waals surface area contributed by atoms with Crippen LogP contribution in [0.15, 0.2) is 29.3 Å². The molecule has 0 saturated carbocycles. The number of piperazine rings is 1. The number of benzene rings is 1. The predicted molar refractivity (Wildman–Crippen MR) is 122 cm³/mol. The van der Waals surface area contributed by atoms with Crippen LogP contribution < -0.4 is 10.2 Å². The number of rotatable bonds is 4. The van der Waals surface area contributed by atoms with E-state index in [1.165, 1.54) is 19.5 Å². The Morgan fingerprint density at radius 1 is 1.19 bits per heavy atom. The lowest BCUT2D eigenvalue weighted by atomic mass is 10.1. The van der Waals surface area contributed by atoms with Crippen molar-refractivity contribution < 1.29 is 0 Å². The minimum absolute atomic E-state index is 0. The van der Waals surface area contributed by atoms with Crippen molar-refractivity contribution in [3.63, 3.8) is 0 Å². The van der Waals surface area contributed by atoms with Gasteiger partial charge in [0.05, 0.1) is 10.7 Å². The Balaban J connectivity index is 0.00000243. The maximum absolute atomic E-state index is 6.33. The number of likely N-dealkylation sites (tertiary alicyclic amines) is 1. The number of aliphatic imine (C=N–C) groups is 1. The maximum Gasteiger partial charge on any atom is 0.193 e. The lowest BCUT2D eigenvalue weighted by Gasteiger charge is -2.38. The second-order valence-electron chi connectivity index (χ2n) is 6.90. The van der Waals surface area contributed by atoms with Gasteiger partial charge in [-0.25, -0.2) is 0 Å². The summed E-state index contributed by atoms with van der Waals surface area (Å²) in [5.41, 5.74) is 1.14. The fourth-order valence-corrected chi connectivity index (χ4v) is 4.06. The van der Waals surface area contributed by atoms with E-state index in [1.807, 2.05) is 19.2 Å². The van der Waals surface area contributed by atoms with Crippen molar-refractivity contribution in [3.8, 4) is 0 Å². The van der Waals surface area contributed by atoms with Crippen LogP contribution in [0.25, 0.3) is 0 Å². The number of hydrogen-bond acceptors (Lipinski definition) is 3. The summed E-state index contributed by atoms with van der Waals surface area (Å²) in [5.74, 6) is 1.77. The molecule has 7 heteroatoms. The summed E-state index contributed by atoms with van der Waals surface area (Å²) in [4.78, 5) is 11.8. The van der Waals surface area contributed by atoms with E-state index in [9.17, 15) is 0 Å². The molecule has 146 valence electrons. The van der Waals surface area contributed by atoms with Gasteiger partial charge in [0.25, 0.3) is 0 Å². The van der Waals surface area contributed by atoms with Crippen LogP contribution in [0.2, 0.25) is 5.02 Å². The van der Waals surface area contributed by atoms with Crippen molar-refractivity contribution in [1.82, 2.24) is 15.1 Å². The first-order valence-corrected chi connectivity index (χ1v) is 9.76. The average Bonchev–Trinajstić information content (AvgIpc) is 3.11. The first-order chi connectivity index (χ1) is 12.2. The van der Waals surface area contributed by atoms with Crippen LogP contribution in [0, 0.1) is 5.92 Å². The van der Waals surface area contributed by atoms with Gasteiger partial charge in [0, 0.05) is 46.3 Å². The molecule has 1 aromatic rings. The lowest BCUT2D eigenvalue weighted by Crippen LogP contribution is -2.53. The van der Waals surface area contributed by atoms with Gasteiger partial charge in [0.15, 0.2) is 5.96 Å². The summed E-state index contributed by atoms with van der Waals surface area (Å²) in [6.07, 6.45) is 1.29. The van der Waals surface area contributed by atoms with Crippen LogP contribution in [-0.4, -0.2) is 75.2 Å². The van der Waals surface area contributed by atoms with E-state index in [4.69, 9.17) is 11.6 Å². The Hall–Kier alpha value is -0.730. The van der Waals surface area contributed by atoms with Crippen molar-refractivity contribution >= 4 is 47.2 Å². The minimum atomic E-state index is 0. The molecule has 26 heavy (non-hydrogen) atoms. The molecular weight excluding hydrogens is 461 g/mol. The quantitative estimate of drug-likeness (QED) is 0.399. The zero-order chi connectivity index (χ0) is 17.6. The summed E-state index contributed by atoms with van der Waals surface area (Å²) in [7, 11) is 1.88. The van der Waals surface area contributed by atoms with Crippen molar-refractivity contribution in [1.29, 1.82) is 0 Å². The van der Waals surface area contributed by atoms with Crippen molar-refractivity contribution in [2.24, 2.45) is 10.9 Å². The Morgan fingerprint density at radius 3 is 2.54 bits per heavy atom. The number of hydrogen-bond donors (Lipinski definition) is 1. The van der Waals surface area contributed by atoms with Crippen LogP contribution in [-0.2, 0) is 0 Å². The standard InChI is InChI=1S/C19H30ClN5.HI/c1-3-23-9-8-16(15-23)14-22-19(21-2)25-12-10-24(11-13-25)18-7-5-4-6-17(18)20;/h4-7,16H,3,8-15H2,1-2H3,(H,21,22);1H. The van der Waals surface area contributed by atoms with Crippen molar-refractivity contribution in [2.75, 3.05) is 64.3 Å². The van der Waals surface area contributed by atoms with Gasteiger partial charge < -0.3 is 20.0 Å². The van der Waals surface area contributed by atoms with E-state index >= 15 is 0 Å². The molecule has 1 atom stereocenters. The Morgan fingerprint density at radius 2 is 1.92 bits per heavy atom. The Bertz CT molecular complexity index is 589. The number of nitrogens with one attached hydrogen (secondary N) is 1. The van der Waals surface area contributed by atoms with Crippen LogP contribution in [0.1, 0.15) is 13.3 Å². The van der Waals surface area contributed by atoms with Crippen LogP contribution in [0.5, 0.6) is 0 Å². The fourth-order valence-electron chi connectivity index (χ4n) is 3.80. The third kappa shape index (κ3) is 5.39. The number of guanidine groups is 1. The monoisotopic (exact) mass is 491 g/mol. The fraction of sp³-hybridized carbons (Fsp3) is 0.632. The van der Waals surface area contributed by atoms with Crippen LogP contribution in [0.3, 0.4) is 0 Å². The van der Waals surface area contributed by atoms with Gasteiger partial charge in [-0.2, -0.15) is 0 Å². The predicted octanol–water partition coefficient (Wildman–Crippen LogP) is 3.00. The molecule has 0 aromatic heterocycles. The first kappa shape index (κ1) is 21.6. The average molecular weight is 492 g/mol. The van der Waals surface area contributed by atoms with Crippen LogP contribution in [0.4, 0.5) is 5.69 Å². The highest BCUT2D eigenvalue weighted by Crippen LogP contribution is 2.26. The summed E-state index contributed by atoms with van der Waals surface area (Å²) < 4.78 is 0. The molecule has 0 aliphatic carbocycles. The summed E-state index contributed by atoms with van der Waals surface area (Å²) >= 11 is 6.33. The number of nitrogens with zero attached hydrogens (tertiary/aromatic N) is 4. The molecule has 0 radical (unpaired) electrons. The summed E-state index contributed by atoms with van der Waals surface area (Å²) in [5, 5.41) is 4.43. The molecule has 3 rings (SSSR count). The van der Waals surface area contributed by atoms with Crippen molar-refractivity contribution in [3.05, 3.63) is 29.3 Å². The Labute approximate surface area is 179 Å². The molecule has 1 N–H and O–H groups in total. The Kier molecular flexibility index (Phi) is 8.76. The highest BCUT2D eigenvalue weighted by molar-refractivity contribution is 14.0. The van der Waals surface area contributed by atoms with Gasteiger partial charge in [0.2, 0.25) is 0 Å². The normalized spacial score (nSPS) is 21.7. The lowest BCUT2D eigenvalue weighted by molar-refractivity contribution is 0.337. The van der Waals surface area contributed by atoms with Gasteiger partial charge >= 0.3 is 0 Å². The topological polar surface area (TPSA) is 34.1 Å². The van der Waals surface area contributed by atoms with E-state index in [-0.39, 0.29) is 24.0 Å². The molecule has 0 bridgehead atoms. The molecule has 0 amide bonds. The zero-order valence-electron chi connectivity index (χ0n) is 15.8. The molecule has 2 aliphatic heterocycles. The third-order valence-corrected chi connectivity index (χ3v) is 5.67. The second kappa shape index (κ2) is 10.6. The van der Waals surface area contributed by atoms with Gasteiger partial charge in [-0.05, 0) is 37.6 Å². The minimum Gasteiger partial charge on any atom is -0.367 e. The van der Waals surface area contributed by atoms with Crippen LogP contribution >= 0.6 is 35.6 Å². The second-order valence-corrected chi connectivity index (χ2v) is 7.31. The molecular formula is C19H31ClIN5. The highest BCUT2D eigenvalue weighted by atomic mass is 127. The first-order valence-electron chi connectivity index (χ1n) is 9.38. The molecule has 0 spiro atoms. The highest BCUT2D eigenvalue weighted by Gasteiger charge is 2.24. The molecule has 1 unspecified atom stereocenters. The van der Waals surface area contributed by atoms with E-state index in [2.05, 4.69) is 44.1 Å². The van der Waals surface area contributed by atoms with E-state index < -0.39 is 0 Å². The van der Waals surface area contributed by atoms with E-state index in [0.29, 0.717) is 0 Å². The molecule has 2 heterocycles. The maximum atomic E-state index is 6.33. The zero-order valence-corrected chi connectivity index (χ0v) is 18.9. The van der Waals surface area contributed by atoms with Gasteiger partial charge in [0.1, 0.15) is 0 Å². The molecule has 2 fully saturated rings. The number of para-hydroxylation sites is 1. The molecule has 2 saturated heterocycles. The summed E-state index contributed by atoms with van der Waals surface area (Å²) in [6, 6.07) is 8.10. The molecule has 5 nitrogen and oxygen atoms in total. The van der Waals surface area contributed by atoms with E-state index in [0.717, 1.165) is 61.9 Å². The van der Waals surface area contributed by atoms with Crippen molar-refractivity contribution in [2.45, 2.75) is 13.3 Å². The van der Waals surface area contributed by atoms with E-state index in [1.54, 1.807) is 0 Å². The van der Waals surface area contributed by atoms with Gasteiger partial charge in [-0.15, -0.1) is 24.0 Å². The third-order valence-electron chi connectivity index (χ3n) is 5.35. The molecule has 1 aromatic carbocycles. The molecule has 2 aliphatic rings. The van der Waals surface area contributed by atoms with Gasteiger partial charge in [-0.1, -0.05) is 30.7 Å². The number of halogens is 2. The largest absolute Gasteiger partial charge is 0.367 e. The SMILES string of the molecule is CCN1CCC(CNC(=NC)N2CCN(c3ccccc3Cl)CC2)C1.I. The summed E-state index contributed by atoms with van der Waals surface area (Å²) in [6.45, 7) is 10.7. The number of anilines is 1. The van der Waals surface area contributed by atoms with Gasteiger partial charge in [-0.3, -0.25) is 4.99 Å². The smallest absolute Gasteiger partial charge is 0.193 e.